The highest BCUT2D eigenvalue weighted by Gasteiger charge is 2.14. The van der Waals surface area contributed by atoms with E-state index in [1.807, 2.05) is 0 Å². The summed E-state index contributed by atoms with van der Waals surface area (Å²) in [5.74, 6) is -0.674. The van der Waals surface area contributed by atoms with Crippen molar-refractivity contribution in [2.45, 2.75) is 5.75 Å². The van der Waals surface area contributed by atoms with Gasteiger partial charge in [0.2, 0.25) is 0 Å². The van der Waals surface area contributed by atoms with Crippen LogP contribution in [0.4, 0.5) is 5.69 Å². The Hall–Kier alpha value is -1.63. The van der Waals surface area contributed by atoms with Gasteiger partial charge in [-0.1, -0.05) is 0 Å². The van der Waals surface area contributed by atoms with Crippen molar-refractivity contribution >= 4 is 15.5 Å². The van der Waals surface area contributed by atoms with Gasteiger partial charge >= 0.3 is 0 Å². The SMILES string of the molecule is CS(=O)(=O)Cc1cc([N+](=O)[O-])ccc1O. The Labute approximate surface area is 86.2 Å². The molecular weight excluding hydrogens is 222 g/mol. The summed E-state index contributed by atoms with van der Waals surface area (Å²) in [6, 6.07) is 3.27. The lowest BCUT2D eigenvalue weighted by molar-refractivity contribution is -0.384. The second-order valence-corrected chi connectivity index (χ2v) is 5.28. The Morgan fingerprint density at radius 2 is 2.07 bits per heavy atom. The minimum atomic E-state index is -3.32. The summed E-state index contributed by atoms with van der Waals surface area (Å²) in [4.78, 5) is 9.76. The third kappa shape index (κ3) is 3.21. The molecule has 1 aromatic carbocycles. The standard InChI is InChI=1S/C8H9NO5S/c1-15(13,14)5-6-4-7(9(11)12)2-3-8(6)10/h2-4,10H,5H2,1H3. The number of sulfone groups is 1. The third-order valence-corrected chi connectivity index (χ3v) is 2.53. The van der Waals surface area contributed by atoms with Gasteiger partial charge in [0, 0.05) is 24.0 Å². The molecule has 0 fully saturated rings. The summed E-state index contributed by atoms with van der Waals surface area (Å²) in [5, 5.41) is 19.7. The van der Waals surface area contributed by atoms with Gasteiger partial charge in [-0.05, 0) is 6.07 Å². The Bertz CT molecular complexity index is 494. The molecule has 0 radical (unpaired) electrons. The number of phenolic OH excluding ortho intramolecular Hbond substituents is 1. The average molecular weight is 231 g/mol. The number of phenols is 1. The zero-order valence-corrected chi connectivity index (χ0v) is 8.69. The molecule has 0 amide bonds. The molecule has 0 heterocycles. The predicted octanol–water partition coefficient (Wildman–Crippen LogP) is 0.845. The van der Waals surface area contributed by atoms with Crippen LogP contribution in [0.15, 0.2) is 18.2 Å². The lowest BCUT2D eigenvalue weighted by Crippen LogP contribution is -2.01. The Balaban J connectivity index is 3.17. The molecule has 0 bridgehead atoms. The number of non-ortho nitro benzene ring substituents is 1. The van der Waals surface area contributed by atoms with Crippen molar-refractivity contribution in [2.24, 2.45) is 0 Å². The second-order valence-electron chi connectivity index (χ2n) is 3.14. The third-order valence-electron chi connectivity index (χ3n) is 1.69. The first-order valence-corrected chi connectivity index (χ1v) is 5.99. The molecule has 1 rings (SSSR count). The van der Waals surface area contributed by atoms with Crippen LogP contribution in [0.25, 0.3) is 0 Å². The molecule has 0 aromatic heterocycles. The lowest BCUT2D eigenvalue weighted by Gasteiger charge is -2.02. The number of benzene rings is 1. The van der Waals surface area contributed by atoms with Crippen LogP contribution in [0.1, 0.15) is 5.56 Å². The normalized spacial score (nSPS) is 11.3. The van der Waals surface area contributed by atoms with Crippen LogP contribution in [0.3, 0.4) is 0 Å². The van der Waals surface area contributed by atoms with E-state index in [4.69, 9.17) is 0 Å². The first-order chi connectivity index (χ1) is 6.79. The highest BCUT2D eigenvalue weighted by molar-refractivity contribution is 7.89. The zero-order chi connectivity index (χ0) is 11.6. The first kappa shape index (κ1) is 11.4. The van der Waals surface area contributed by atoms with Crippen LogP contribution in [0.2, 0.25) is 0 Å². The van der Waals surface area contributed by atoms with Gasteiger partial charge in [-0.15, -0.1) is 0 Å². The summed E-state index contributed by atoms with van der Waals surface area (Å²) in [5.41, 5.74) is -0.210. The number of nitro groups is 1. The van der Waals surface area contributed by atoms with Crippen LogP contribution in [-0.2, 0) is 15.6 Å². The molecule has 0 saturated carbocycles. The summed E-state index contributed by atoms with van der Waals surface area (Å²) < 4.78 is 21.9. The predicted molar refractivity (Wildman–Crippen MR) is 53.3 cm³/mol. The van der Waals surface area contributed by atoms with E-state index in [9.17, 15) is 23.6 Å². The molecule has 1 aromatic rings. The van der Waals surface area contributed by atoms with Gasteiger partial charge in [-0.2, -0.15) is 0 Å². The van der Waals surface area contributed by atoms with Crippen LogP contribution in [0.5, 0.6) is 5.75 Å². The average Bonchev–Trinajstić information content (AvgIpc) is 2.06. The van der Waals surface area contributed by atoms with Crippen molar-refractivity contribution in [1.82, 2.24) is 0 Å². The topological polar surface area (TPSA) is 97.5 Å². The Morgan fingerprint density at radius 1 is 1.47 bits per heavy atom. The van der Waals surface area contributed by atoms with Crippen LogP contribution >= 0.6 is 0 Å². The molecular formula is C8H9NO5S. The van der Waals surface area contributed by atoms with E-state index in [1.54, 1.807) is 0 Å². The highest BCUT2D eigenvalue weighted by Crippen LogP contribution is 2.24. The second kappa shape index (κ2) is 3.85. The quantitative estimate of drug-likeness (QED) is 0.614. The largest absolute Gasteiger partial charge is 0.508 e. The van der Waals surface area contributed by atoms with E-state index in [-0.39, 0.29) is 17.0 Å². The molecule has 0 aliphatic carbocycles. The maximum absolute atomic E-state index is 11.0. The zero-order valence-electron chi connectivity index (χ0n) is 7.87. The van der Waals surface area contributed by atoms with Crippen LogP contribution in [-0.4, -0.2) is 24.7 Å². The lowest BCUT2D eigenvalue weighted by atomic mass is 10.2. The molecule has 1 N–H and O–H groups in total. The molecule has 7 heteroatoms. The van der Waals surface area contributed by atoms with Crippen molar-refractivity contribution < 1.29 is 18.4 Å². The summed E-state index contributed by atoms with van der Waals surface area (Å²) in [6.45, 7) is 0. The minimum absolute atomic E-state index is 0.0340. The minimum Gasteiger partial charge on any atom is -0.508 e. The summed E-state index contributed by atoms with van der Waals surface area (Å²) in [6.07, 6.45) is 0.991. The van der Waals surface area contributed by atoms with Gasteiger partial charge in [0.25, 0.3) is 5.69 Å². The Morgan fingerprint density at radius 3 is 2.53 bits per heavy atom. The molecule has 15 heavy (non-hydrogen) atoms. The van der Waals surface area contributed by atoms with E-state index >= 15 is 0 Å². The van der Waals surface area contributed by atoms with E-state index in [0.29, 0.717) is 0 Å². The molecule has 0 unspecified atom stereocenters. The van der Waals surface area contributed by atoms with Crippen molar-refractivity contribution in [1.29, 1.82) is 0 Å². The van der Waals surface area contributed by atoms with E-state index in [2.05, 4.69) is 0 Å². The molecule has 0 spiro atoms. The Kier molecular flexibility index (Phi) is 2.94. The molecule has 0 aliphatic heterocycles. The fourth-order valence-electron chi connectivity index (χ4n) is 1.08. The molecule has 82 valence electrons. The van der Waals surface area contributed by atoms with Gasteiger partial charge < -0.3 is 5.11 Å². The van der Waals surface area contributed by atoms with Gasteiger partial charge in [0.05, 0.1) is 10.7 Å². The first-order valence-electron chi connectivity index (χ1n) is 3.93. The van der Waals surface area contributed by atoms with Gasteiger partial charge in [0.15, 0.2) is 9.84 Å². The summed E-state index contributed by atoms with van der Waals surface area (Å²) in [7, 11) is -3.32. The number of aromatic hydroxyl groups is 1. The van der Waals surface area contributed by atoms with E-state index in [1.165, 1.54) is 0 Å². The van der Waals surface area contributed by atoms with Crippen LogP contribution in [0, 0.1) is 10.1 Å². The molecule has 0 aliphatic rings. The number of hydrogen-bond acceptors (Lipinski definition) is 5. The maximum atomic E-state index is 11.0. The smallest absolute Gasteiger partial charge is 0.270 e. The number of nitrogens with zero attached hydrogens (tertiary/aromatic N) is 1. The van der Waals surface area contributed by atoms with E-state index in [0.717, 1.165) is 24.5 Å². The van der Waals surface area contributed by atoms with Gasteiger partial charge in [-0.3, -0.25) is 10.1 Å². The van der Waals surface area contributed by atoms with Gasteiger partial charge in [-0.25, -0.2) is 8.42 Å². The monoisotopic (exact) mass is 231 g/mol. The van der Waals surface area contributed by atoms with E-state index < -0.39 is 20.5 Å². The number of nitro benzene ring substituents is 1. The maximum Gasteiger partial charge on any atom is 0.270 e. The molecule has 0 atom stereocenters. The number of rotatable bonds is 3. The van der Waals surface area contributed by atoms with Crippen molar-refractivity contribution in [2.75, 3.05) is 6.26 Å². The molecule has 0 saturated heterocycles. The van der Waals surface area contributed by atoms with Gasteiger partial charge in [0.1, 0.15) is 5.75 Å². The van der Waals surface area contributed by atoms with Crippen molar-refractivity contribution in [3.05, 3.63) is 33.9 Å². The van der Waals surface area contributed by atoms with Crippen molar-refractivity contribution in [3.63, 3.8) is 0 Å². The highest BCUT2D eigenvalue weighted by atomic mass is 32.2. The fourth-order valence-corrected chi connectivity index (χ4v) is 1.88. The summed E-state index contributed by atoms with van der Waals surface area (Å²) >= 11 is 0. The van der Waals surface area contributed by atoms with Crippen LogP contribution < -0.4 is 0 Å². The molecule has 6 nitrogen and oxygen atoms in total. The fraction of sp³-hybridized carbons (Fsp3) is 0.250. The van der Waals surface area contributed by atoms with Crippen molar-refractivity contribution in [3.8, 4) is 5.75 Å². The number of hydrogen-bond donors (Lipinski definition) is 1.